The van der Waals surface area contributed by atoms with Gasteiger partial charge >= 0.3 is 0 Å². The van der Waals surface area contributed by atoms with E-state index in [4.69, 9.17) is 4.99 Å². The lowest BCUT2D eigenvalue weighted by Gasteiger charge is -2.13. The molecule has 0 unspecified atom stereocenters. The molecule has 38 heavy (non-hydrogen) atoms. The van der Waals surface area contributed by atoms with Crippen molar-refractivity contribution < 1.29 is 9.59 Å². The topological polar surface area (TPSA) is 53.0 Å². The average Bonchev–Trinajstić information content (AvgIpc) is 3.88. The Labute approximate surface area is 225 Å². The smallest absolute Gasteiger partial charge is 0.255 e. The molecule has 0 radical (unpaired) electrons. The van der Waals surface area contributed by atoms with E-state index in [0.29, 0.717) is 11.8 Å². The van der Waals surface area contributed by atoms with Gasteiger partial charge in [-0.1, -0.05) is 78.4 Å². The second-order valence-corrected chi connectivity index (χ2v) is 11.2. The molecule has 0 N–H and O–H groups in total. The summed E-state index contributed by atoms with van der Waals surface area (Å²) in [5.41, 5.74) is 6.62. The quantitative estimate of drug-likeness (QED) is 0.430. The van der Waals surface area contributed by atoms with Crippen molar-refractivity contribution in [3.05, 3.63) is 83.9 Å². The van der Waals surface area contributed by atoms with Gasteiger partial charge in [-0.3, -0.25) is 19.5 Å². The van der Waals surface area contributed by atoms with Gasteiger partial charge in [-0.05, 0) is 67.7 Å². The Morgan fingerprint density at radius 3 is 1.63 bits per heavy atom. The molecule has 4 aliphatic rings. The third-order valence-corrected chi connectivity index (χ3v) is 8.15. The molecule has 5 heteroatoms. The van der Waals surface area contributed by atoms with Crippen LogP contribution < -0.4 is 0 Å². The lowest BCUT2D eigenvalue weighted by Crippen LogP contribution is -2.32. The molecule has 1 spiro atoms. The number of nitrogens with zero attached hydrogens (tertiary/aromatic N) is 3. The normalized spacial score (nSPS) is 19.3. The lowest BCUT2D eigenvalue weighted by molar-refractivity contribution is -0.131. The van der Waals surface area contributed by atoms with Crippen molar-refractivity contribution in [1.82, 2.24) is 9.80 Å². The number of rotatable bonds is 4. The first kappa shape index (κ1) is 24.6. The van der Waals surface area contributed by atoms with E-state index in [9.17, 15) is 9.59 Å². The maximum atomic E-state index is 12.3. The van der Waals surface area contributed by atoms with Crippen molar-refractivity contribution in [3.63, 3.8) is 0 Å². The van der Waals surface area contributed by atoms with Crippen molar-refractivity contribution in [3.8, 4) is 22.3 Å². The summed E-state index contributed by atoms with van der Waals surface area (Å²) in [6.45, 7) is 4.15. The van der Waals surface area contributed by atoms with Crippen molar-refractivity contribution in [1.29, 1.82) is 0 Å². The SMILES string of the molecule is Cc1ccc(-c2ccc(-c3ccc(C4=NC5(CC5)C(=O)N4C)cc3)cc2)cc1.O=C(C1CC1)N1CCCC1. The van der Waals surface area contributed by atoms with Crippen LogP contribution in [0.2, 0.25) is 0 Å². The zero-order valence-electron chi connectivity index (χ0n) is 22.3. The predicted octanol–water partition coefficient (Wildman–Crippen LogP) is 6.10. The summed E-state index contributed by atoms with van der Waals surface area (Å²) in [7, 11) is 1.83. The van der Waals surface area contributed by atoms with E-state index >= 15 is 0 Å². The zero-order valence-corrected chi connectivity index (χ0v) is 22.3. The van der Waals surface area contributed by atoms with Crippen molar-refractivity contribution >= 4 is 17.6 Å². The monoisotopic (exact) mass is 505 g/mol. The molecule has 2 amide bonds. The summed E-state index contributed by atoms with van der Waals surface area (Å²) in [5.74, 6) is 1.79. The van der Waals surface area contributed by atoms with Crippen LogP contribution in [0, 0.1) is 12.8 Å². The summed E-state index contributed by atoms with van der Waals surface area (Å²) in [5, 5.41) is 0. The van der Waals surface area contributed by atoms with Gasteiger partial charge in [0.15, 0.2) is 0 Å². The Morgan fingerprint density at radius 1 is 0.763 bits per heavy atom. The third kappa shape index (κ3) is 4.90. The summed E-state index contributed by atoms with van der Waals surface area (Å²) >= 11 is 0. The molecule has 2 aliphatic carbocycles. The van der Waals surface area contributed by atoms with Crippen LogP contribution in [0.4, 0.5) is 0 Å². The molecule has 3 fully saturated rings. The fourth-order valence-electron chi connectivity index (χ4n) is 5.38. The molecule has 3 aromatic carbocycles. The van der Waals surface area contributed by atoms with Gasteiger partial charge in [0.25, 0.3) is 5.91 Å². The predicted molar refractivity (Wildman–Crippen MR) is 152 cm³/mol. The number of carbonyl (C=O) groups excluding carboxylic acids is 2. The zero-order chi connectivity index (χ0) is 26.3. The first-order chi connectivity index (χ1) is 18.4. The minimum absolute atomic E-state index is 0.137. The Hall–Kier alpha value is -3.73. The largest absolute Gasteiger partial charge is 0.342 e. The van der Waals surface area contributed by atoms with Gasteiger partial charge in [0.1, 0.15) is 11.4 Å². The molecular weight excluding hydrogens is 470 g/mol. The van der Waals surface area contributed by atoms with E-state index in [2.05, 4.69) is 79.7 Å². The first-order valence-electron chi connectivity index (χ1n) is 13.9. The van der Waals surface area contributed by atoms with E-state index in [0.717, 1.165) is 55.7 Å². The Bertz CT molecular complexity index is 1360. The van der Waals surface area contributed by atoms with Crippen molar-refractivity contribution in [2.45, 2.75) is 51.0 Å². The number of carbonyl (C=O) groups is 2. The molecule has 5 nitrogen and oxygen atoms in total. The van der Waals surface area contributed by atoms with E-state index in [-0.39, 0.29) is 5.91 Å². The number of hydrogen-bond donors (Lipinski definition) is 0. The van der Waals surface area contributed by atoms with E-state index < -0.39 is 5.54 Å². The molecule has 0 atom stereocenters. The lowest BCUT2D eigenvalue weighted by atomic mass is 9.99. The molecule has 2 aliphatic heterocycles. The van der Waals surface area contributed by atoms with Gasteiger partial charge < -0.3 is 4.90 Å². The van der Waals surface area contributed by atoms with Crippen LogP contribution in [-0.4, -0.2) is 53.1 Å². The van der Waals surface area contributed by atoms with Gasteiger partial charge in [-0.25, -0.2) is 0 Å². The number of benzene rings is 3. The van der Waals surface area contributed by atoms with Crippen LogP contribution in [0.5, 0.6) is 0 Å². The first-order valence-corrected chi connectivity index (χ1v) is 13.9. The fraction of sp³-hybridized carbons (Fsp3) is 0.364. The van der Waals surface area contributed by atoms with Crippen molar-refractivity contribution in [2.75, 3.05) is 20.1 Å². The highest BCUT2D eigenvalue weighted by atomic mass is 16.2. The van der Waals surface area contributed by atoms with Crippen LogP contribution in [0.25, 0.3) is 22.3 Å². The number of likely N-dealkylation sites (tertiary alicyclic amines) is 1. The molecular formula is C33H35N3O2. The molecule has 1 saturated heterocycles. The number of amidine groups is 1. The molecule has 0 aromatic heterocycles. The highest BCUT2D eigenvalue weighted by molar-refractivity contribution is 6.16. The molecule has 2 heterocycles. The maximum absolute atomic E-state index is 12.3. The Morgan fingerprint density at radius 2 is 1.21 bits per heavy atom. The number of amides is 2. The van der Waals surface area contributed by atoms with Crippen LogP contribution >= 0.6 is 0 Å². The second-order valence-electron chi connectivity index (χ2n) is 11.2. The van der Waals surface area contributed by atoms with Crippen LogP contribution in [0.15, 0.2) is 77.8 Å². The van der Waals surface area contributed by atoms with Crippen molar-refractivity contribution in [2.24, 2.45) is 10.9 Å². The molecule has 2 saturated carbocycles. The van der Waals surface area contributed by atoms with Gasteiger partial charge in [0.2, 0.25) is 5.91 Å². The standard InChI is InChI=1S/C25H22N2O.C8H13NO/c1-17-3-5-18(6-4-17)19-7-9-20(10-8-19)21-11-13-22(14-12-21)23-26-25(15-16-25)24(28)27(23)2;10-8(7-3-4-7)9-5-1-2-6-9/h3-14H,15-16H2,1-2H3;7H,1-6H2. The Balaban J connectivity index is 0.000000221. The maximum Gasteiger partial charge on any atom is 0.255 e. The molecule has 194 valence electrons. The minimum atomic E-state index is -0.436. The summed E-state index contributed by atoms with van der Waals surface area (Å²) in [6, 6.07) is 25.6. The highest BCUT2D eigenvalue weighted by Gasteiger charge is 2.56. The summed E-state index contributed by atoms with van der Waals surface area (Å²) in [4.78, 5) is 32.1. The number of aryl methyl sites for hydroxylation is 1. The molecule has 0 bridgehead atoms. The van der Waals surface area contributed by atoms with Crippen LogP contribution in [0.1, 0.15) is 49.7 Å². The fourth-order valence-corrected chi connectivity index (χ4v) is 5.38. The van der Waals surface area contributed by atoms with Gasteiger partial charge in [-0.15, -0.1) is 0 Å². The van der Waals surface area contributed by atoms with E-state index in [1.54, 1.807) is 4.90 Å². The van der Waals surface area contributed by atoms with Crippen LogP contribution in [0.3, 0.4) is 0 Å². The molecule has 3 aromatic rings. The molecule has 7 rings (SSSR count). The summed E-state index contributed by atoms with van der Waals surface area (Å²) in [6.07, 6.45) is 6.50. The third-order valence-electron chi connectivity index (χ3n) is 8.15. The van der Waals surface area contributed by atoms with Gasteiger partial charge in [0.05, 0.1) is 0 Å². The van der Waals surface area contributed by atoms with E-state index in [1.807, 2.05) is 11.9 Å². The number of likely N-dealkylation sites (N-methyl/N-ethyl adjacent to an activating group) is 1. The average molecular weight is 506 g/mol. The minimum Gasteiger partial charge on any atom is -0.342 e. The summed E-state index contributed by atoms with van der Waals surface area (Å²) < 4.78 is 0. The number of aliphatic imine (C=N–C) groups is 1. The Kier molecular flexibility index (Phi) is 6.38. The number of hydrogen-bond acceptors (Lipinski definition) is 3. The van der Waals surface area contributed by atoms with Gasteiger partial charge in [0, 0.05) is 31.6 Å². The van der Waals surface area contributed by atoms with Gasteiger partial charge in [-0.2, -0.15) is 0 Å². The highest BCUT2D eigenvalue weighted by Crippen LogP contribution is 2.45. The van der Waals surface area contributed by atoms with E-state index in [1.165, 1.54) is 35.1 Å². The van der Waals surface area contributed by atoms with Crippen LogP contribution in [-0.2, 0) is 9.59 Å². The second kappa shape index (κ2) is 9.86.